The topological polar surface area (TPSA) is 99.0 Å². The Morgan fingerprint density at radius 3 is 2.25 bits per heavy atom. The smallest absolute Gasteiger partial charge is 0.271 e. The summed E-state index contributed by atoms with van der Waals surface area (Å²) in [7, 11) is 0. The Hall–Kier alpha value is -1.07. The molecule has 0 aliphatic carbocycles. The quantitative estimate of drug-likeness (QED) is 0.489. The summed E-state index contributed by atoms with van der Waals surface area (Å²) in [4.78, 5) is 26.7. The third-order valence-electron chi connectivity index (χ3n) is 3.75. The highest BCUT2D eigenvalue weighted by molar-refractivity contribution is 9.11. The summed E-state index contributed by atoms with van der Waals surface area (Å²) < 4.78 is 0.898. The molecule has 0 atom stereocenters. The lowest BCUT2D eigenvalue weighted by molar-refractivity contribution is -0.385. The number of β-amino-alcohol motifs (C(OH)–C–C–N with tert-alkyl or cyclic N) is 1. The van der Waals surface area contributed by atoms with Crippen LogP contribution in [-0.2, 0) is 4.79 Å². The lowest BCUT2D eigenvalue weighted by Crippen LogP contribution is -2.49. The van der Waals surface area contributed by atoms with E-state index in [1.807, 2.05) is 4.90 Å². The van der Waals surface area contributed by atoms with Gasteiger partial charge in [0.05, 0.1) is 23.8 Å². The van der Waals surface area contributed by atoms with Gasteiger partial charge in [0.25, 0.3) is 5.69 Å². The molecule has 24 heavy (non-hydrogen) atoms. The van der Waals surface area contributed by atoms with Gasteiger partial charge in [-0.15, -0.1) is 0 Å². The highest BCUT2D eigenvalue weighted by atomic mass is 79.9. The number of carbonyl (C=O) groups is 1. The molecule has 2 N–H and O–H groups in total. The van der Waals surface area contributed by atoms with Gasteiger partial charge in [0.15, 0.2) is 0 Å². The maximum absolute atomic E-state index is 12.2. The number of nitrogens with zero attached hydrogens (tertiary/aromatic N) is 3. The van der Waals surface area contributed by atoms with Crippen molar-refractivity contribution < 1.29 is 14.8 Å². The van der Waals surface area contributed by atoms with E-state index in [4.69, 9.17) is 5.11 Å². The molecule has 0 aromatic heterocycles. The first kappa shape index (κ1) is 19.3. The average Bonchev–Trinajstić information content (AvgIpc) is 2.52. The van der Waals surface area contributed by atoms with Crippen molar-refractivity contribution in [3.8, 4) is 0 Å². The summed E-state index contributed by atoms with van der Waals surface area (Å²) in [5, 5.41) is 22.5. The first-order valence-electron chi connectivity index (χ1n) is 7.39. The number of nitrogens with one attached hydrogen (secondary N) is 1. The summed E-state index contributed by atoms with van der Waals surface area (Å²) in [6.45, 7) is 4.21. The number of hydrogen-bond acceptors (Lipinski definition) is 6. The van der Waals surface area contributed by atoms with Crippen molar-refractivity contribution in [2.45, 2.75) is 0 Å². The summed E-state index contributed by atoms with van der Waals surface area (Å²) >= 11 is 6.50. The predicted molar refractivity (Wildman–Crippen MR) is 97.1 cm³/mol. The summed E-state index contributed by atoms with van der Waals surface area (Å²) in [6.07, 6.45) is 0. The number of nitro groups is 1. The lowest BCUT2D eigenvalue weighted by Gasteiger charge is -2.33. The van der Waals surface area contributed by atoms with E-state index in [-0.39, 0.29) is 24.7 Å². The summed E-state index contributed by atoms with van der Waals surface area (Å²) in [5.74, 6) is -0.180. The zero-order valence-electron chi connectivity index (χ0n) is 12.9. The molecule has 0 spiro atoms. The van der Waals surface area contributed by atoms with E-state index >= 15 is 0 Å². The number of aliphatic hydroxyl groups is 1. The van der Waals surface area contributed by atoms with E-state index in [0.717, 1.165) is 26.2 Å². The molecule has 0 unspecified atom stereocenters. The van der Waals surface area contributed by atoms with Crippen LogP contribution in [0.5, 0.6) is 0 Å². The van der Waals surface area contributed by atoms with Crippen LogP contribution < -0.4 is 5.32 Å². The Morgan fingerprint density at radius 1 is 1.21 bits per heavy atom. The average molecular weight is 466 g/mol. The molecule has 2 rings (SSSR count). The standard InChI is InChI=1S/C14H18Br2N4O4/c15-11-7-10(20(23)24)8-12(16)14(11)17-13(22)9-19-3-1-18(2-4-19)5-6-21/h7-8,21H,1-6,9H2,(H,17,22). The van der Waals surface area contributed by atoms with E-state index in [9.17, 15) is 14.9 Å². The van der Waals surface area contributed by atoms with Crippen LogP contribution >= 0.6 is 31.9 Å². The molecular formula is C14H18Br2N4O4. The summed E-state index contributed by atoms with van der Waals surface area (Å²) in [5.41, 5.74) is 0.413. The second kappa shape index (κ2) is 8.86. The number of amides is 1. The maximum atomic E-state index is 12.2. The minimum absolute atomic E-state index is 0.0632. The molecule has 0 radical (unpaired) electrons. The molecule has 1 saturated heterocycles. The number of aliphatic hydroxyl groups excluding tert-OH is 1. The number of anilines is 1. The number of hydrogen-bond donors (Lipinski definition) is 2. The van der Waals surface area contributed by atoms with Gasteiger partial charge in [-0.1, -0.05) is 0 Å². The fraction of sp³-hybridized carbons (Fsp3) is 0.500. The van der Waals surface area contributed by atoms with Crippen molar-refractivity contribution >= 4 is 49.1 Å². The Morgan fingerprint density at radius 2 is 1.75 bits per heavy atom. The van der Waals surface area contributed by atoms with Crippen molar-refractivity contribution in [3.05, 3.63) is 31.2 Å². The van der Waals surface area contributed by atoms with Crippen molar-refractivity contribution in [1.29, 1.82) is 0 Å². The van der Waals surface area contributed by atoms with Crippen LogP contribution in [0.2, 0.25) is 0 Å². The number of non-ortho nitro benzene ring substituents is 1. The SMILES string of the molecule is O=C(CN1CCN(CCO)CC1)Nc1c(Br)cc([N+](=O)[O-])cc1Br. The Kier molecular flexibility index (Phi) is 7.11. The van der Waals surface area contributed by atoms with Gasteiger partial charge in [0.2, 0.25) is 5.91 Å². The minimum Gasteiger partial charge on any atom is -0.395 e. The number of carbonyl (C=O) groups excluding carboxylic acids is 1. The molecule has 8 nitrogen and oxygen atoms in total. The largest absolute Gasteiger partial charge is 0.395 e. The second-order valence-corrected chi connectivity index (χ2v) is 7.14. The number of benzene rings is 1. The van der Waals surface area contributed by atoms with E-state index < -0.39 is 4.92 Å². The highest BCUT2D eigenvalue weighted by Gasteiger charge is 2.20. The fourth-order valence-corrected chi connectivity index (χ4v) is 3.84. The van der Waals surface area contributed by atoms with Crippen LogP contribution in [0.3, 0.4) is 0 Å². The highest BCUT2D eigenvalue weighted by Crippen LogP contribution is 2.35. The van der Waals surface area contributed by atoms with Gasteiger partial charge in [-0.3, -0.25) is 24.7 Å². The maximum Gasteiger partial charge on any atom is 0.271 e. The van der Waals surface area contributed by atoms with Gasteiger partial charge in [0, 0.05) is 53.8 Å². The monoisotopic (exact) mass is 464 g/mol. The summed E-state index contributed by atoms with van der Waals surface area (Å²) in [6, 6.07) is 2.71. The zero-order chi connectivity index (χ0) is 17.7. The van der Waals surface area contributed by atoms with Crippen molar-refractivity contribution in [3.63, 3.8) is 0 Å². The van der Waals surface area contributed by atoms with Gasteiger partial charge >= 0.3 is 0 Å². The molecule has 1 heterocycles. The molecule has 0 saturated carbocycles. The third-order valence-corrected chi connectivity index (χ3v) is 5.00. The van der Waals surface area contributed by atoms with Crippen LogP contribution in [-0.4, -0.2) is 71.6 Å². The Bertz CT molecular complexity index is 598. The zero-order valence-corrected chi connectivity index (χ0v) is 16.0. The normalized spacial score (nSPS) is 16.1. The van der Waals surface area contributed by atoms with Gasteiger partial charge in [-0.2, -0.15) is 0 Å². The van der Waals surface area contributed by atoms with Gasteiger partial charge in [-0.05, 0) is 31.9 Å². The third kappa shape index (κ3) is 5.21. The first-order valence-corrected chi connectivity index (χ1v) is 8.98. The molecule has 1 aliphatic rings. The van der Waals surface area contributed by atoms with E-state index in [0.29, 0.717) is 21.2 Å². The first-order chi connectivity index (χ1) is 11.4. The molecular weight excluding hydrogens is 448 g/mol. The molecule has 1 aliphatic heterocycles. The predicted octanol–water partition coefficient (Wildman–Crippen LogP) is 1.67. The van der Waals surface area contributed by atoms with Gasteiger partial charge in [0.1, 0.15) is 0 Å². The molecule has 10 heteroatoms. The van der Waals surface area contributed by atoms with E-state index in [1.165, 1.54) is 12.1 Å². The van der Waals surface area contributed by atoms with Gasteiger partial charge < -0.3 is 10.4 Å². The minimum atomic E-state index is -0.493. The fourth-order valence-electron chi connectivity index (χ4n) is 2.48. The lowest BCUT2D eigenvalue weighted by atomic mass is 10.2. The van der Waals surface area contributed by atoms with Crippen LogP contribution in [0, 0.1) is 10.1 Å². The number of nitro benzene ring substituents is 1. The molecule has 1 fully saturated rings. The Labute approximate surface area is 156 Å². The number of rotatable bonds is 6. The van der Waals surface area contributed by atoms with Crippen LogP contribution in [0.25, 0.3) is 0 Å². The van der Waals surface area contributed by atoms with E-state index in [2.05, 4.69) is 42.1 Å². The van der Waals surface area contributed by atoms with Crippen LogP contribution in [0.4, 0.5) is 11.4 Å². The molecule has 0 bridgehead atoms. The van der Waals surface area contributed by atoms with E-state index in [1.54, 1.807) is 0 Å². The van der Waals surface area contributed by atoms with Crippen molar-refractivity contribution in [1.82, 2.24) is 9.80 Å². The van der Waals surface area contributed by atoms with Crippen molar-refractivity contribution in [2.24, 2.45) is 0 Å². The second-order valence-electron chi connectivity index (χ2n) is 5.43. The molecule has 132 valence electrons. The van der Waals surface area contributed by atoms with Crippen molar-refractivity contribution in [2.75, 3.05) is 51.2 Å². The van der Waals surface area contributed by atoms with Crippen LogP contribution in [0.1, 0.15) is 0 Å². The van der Waals surface area contributed by atoms with Crippen LogP contribution in [0.15, 0.2) is 21.1 Å². The molecule has 1 aromatic rings. The van der Waals surface area contributed by atoms with Gasteiger partial charge in [-0.25, -0.2) is 0 Å². The number of halogens is 2. The molecule has 1 aromatic carbocycles. The Balaban J connectivity index is 1.92. The number of piperazine rings is 1. The molecule has 1 amide bonds.